The van der Waals surface area contributed by atoms with Crippen LogP contribution < -0.4 is 10.0 Å². The maximum absolute atomic E-state index is 11.9. The number of carbonyl (C=O) groups excluding carboxylic acids is 2. The number of anilines is 2. The number of para-hydroxylation sites is 2. The van der Waals surface area contributed by atoms with Gasteiger partial charge in [0.1, 0.15) is 0 Å². The fourth-order valence-corrected chi connectivity index (χ4v) is 1.98. The van der Waals surface area contributed by atoms with E-state index in [1.165, 1.54) is 10.0 Å². The highest BCUT2D eigenvalue weighted by Crippen LogP contribution is 2.27. The van der Waals surface area contributed by atoms with Crippen molar-refractivity contribution >= 4 is 23.2 Å². The second-order valence-electron chi connectivity index (χ2n) is 4.03. The van der Waals surface area contributed by atoms with E-state index in [0.717, 1.165) is 0 Å². The number of hydrazine groups is 1. The maximum Gasteiger partial charge on any atom is 0.265 e. The topological polar surface area (TPSA) is 40.6 Å². The second-order valence-corrected chi connectivity index (χ2v) is 4.03. The van der Waals surface area contributed by atoms with E-state index in [0.29, 0.717) is 11.4 Å². The Hall–Kier alpha value is -2.62. The van der Waals surface area contributed by atoms with Gasteiger partial charge in [-0.3, -0.25) is 9.59 Å². The summed E-state index contributed by atoms with van der Waals surface area (Å²) in [5, 5.41) is 2.63. The lowest BCUT2D eigenvalue weighted by Gasteiger charge is -2.27. The zero-order chi connectivity index (χ0) is 13.2. The first-order chi connectivity index (χ1) is 9.27. The molecule has 3 rings (SSSR count). The van der Waals surface area contributed by atoms with E-state index >= 15 is 0 Å². The normalized spacial score (nSPS) is 15.2. The van der Waals surface area contributed by atoms with Gasteiger partial charge in [-0.2, -0.15) is 0 Å². The van der Waals surface area contributed by atoms with Crippen LogP contribution in [0.2, 0.25) is 0 Å². The molecular weight excluding hydrogens is 240 g/mol. The average Bonchev–Trinajstić information content (AvgIpc) is 2.75. The Morgan fingerprint density at radius 3 is 1.37 bits per heavy atom. The fourth-order valence-electron chi connectivity index (χ4n) is 1.98. The molecule has 2 aromatic carbocycles. The van der Waals surface area contributed by atoms with Crippen molar-refractivity contribution in [2.75, 3.05) is 10.0 Å². The Morgan fingerprint density at radius 1 is 0.632 bits per heavy atom. The number of amides is 2. The molecular formula is C15H10N2O2. The quantitative estimate of drug-likeness (QED) is 0.818. The molecule has 1 aliphatic heterocycles. The van der Waals surface area contributed by atoms with Gasteiger partial charge in [0.25, 0.3) is 11.8 Å². The van der Waals surface area contributed by atoms with Crippen LogP contribution in [0.25, 0.3) is 0 Å². The molecule has 1 aliphatic rings. The summed E-state index contributed by atoms with van der Waals surface area (Å²) in [6, 6.07) is 18.1. The summed E-state index contributed by atoms with van der Waals surface area (Å²) in [6.45, 7) is 0. The highest BCUT2D eigenvalue weighted by Gasteiger charge is 2.38. The first-order valence-corrected chi connectivity index (χ1v) is 5.82. The standard InChI is InChI=1S/C15H10N2O2/c18-14-11-15(19)17(13-9-5-2-6-10-13)16(14)12-7-3-1-4-8-12/h1-10H. The van der Waals surface area contributed by atoms with Crippen LogP contribution in [0, 0.1) is 6.42 Å². The van der Waals surface area contributed by atoms with Gasteiger partial charge in [0.2, 0.25) is 0 Å². The molecule has 0 bridgehead atoms. The van der Waals surface area contributed by atoms with E-state index in [9.17, 15) is 9.59 Å². The number of carbonyl (C=O) groups is 2. The number of nitrogens with zero attached hydrogens (tertiary/aromatic N) is 2. The van der Waals surface area contributed by atoms with E-state index in [1.807, 2.05) is 36.4 Å². The first-order valence-electron chi connectivity index (χ1n) is 5.82. The lowest BCUT2D eigenvalue weighted by Crippen LogP contribution is -2.41. The van der Waals surface area contributed by atoms with Crippen LogP contribution in [0.5, 0.6) is 0 Å². The lowest BCUT2D eigenvalue weighted by molar-refractivity contribution is -0.116. The number of benzene rings is 2. The van der Waals surface area contributed by atoms with Crippen LogP contribution in [0.1, 0.15) is 0 Å². The van der Waals surface area contributed by atoms with Crippen molar-refractivity contribution in [1.29, 1.82) is 0 Å². The molecule has 2 amide bonds. The van der Waals surface area contributed by atoms with E-state index in [1.54, 1.807) is 24.3 Å². The van der Waals surface area contributed by atoms with Crippen molar-refractivity contribution in [3.05, 3.63) is 67.1 Å². The summed E-state index contributed by atoms with van der Waals surface area (Å²) in [6.07, 6.45) is 2.29. The molecule has 0 saturated carbocycles. The number of hydrogen-bond donors (Lipinski definition) is 0. The lowest BCUT2D eigenvalue weighted by atomic mass is 10.3. The summed E-state index contributed by atoms with van der Waals surface area (Å²) in [7, 11) is 0. The van der Waals surface area contributed by atoms with Gasteiger partial charge in [0.05, 0.1) is 11.4 Å². The Kier molecular flexibility index (Phi) is 2.76. The molecule has 1 heterocycles. The van der Waals surface area contributed by atoms with Crippen LogP contribution in [-0.2, 0) is 9.59 Å². The summed E-state index contributed by atoms with van der Waals surface area (Å²) in [4.78, 5) is 23.8. The van der Waals surface area contributed by atoms with Crippen LogP contribution in [0.4, 0.5) is 11.4 Å². The molecule has 0 aliphatic carbocycles. The Bertz CT molecular complexity index is 555. The largest absolute Gasteiger partial charge is 0.271 e. The van der Waals surface area contributed by atoms with Crippen LogP contribution in [0.3, 0.4) is 0 Å². The first kappa shape index (κ1) is 11.5. The fraction of sp³-hybridized carbons (Fsp3) is 0. The SMILES string of the molecule is O=C1[C]C(=O)N(c2ccccc2)N1c1ccccc1. The summed E-state index contributed by atoms with van der Waals surface area (Å²) >= 11 is 0. The summed E-state index contributed by atoms with van der Waals surface area (Å²) in [5.74, 6) is -0.917. The number of rotatable bonds is 2. The highest BCUT2D eigenvalue weighted by molar-refractivity contribution is 6.28. The molecule has 4 nitrogen and oxygen atoms in total. The van der Waals surface area contributed by atoms with Gasteiger partial charge in [-0.25, -0.2) is 10.0 Å². The van der Waals surface area contributed by atoms with Gasteiger partial charge in [0.15, 0.2) is 6.42 Å². The maximum atomic E-state index is 11.9. The van der Waals surface area contributed by atoms with Crippen molar-refractivity contribution in [3.8, 4) is 0 Å². The molecule has 0 unspecified atom stereocenters. The minimum absolute atomic E-state index is 0.458. The zero-order valence-electron chi connectivity index (χ0n) is 9.98. The molecule has 0 atom stereocenters. The van der Waals surface area contributed by atoms with Gasteiger partial charge in [-0.05, 0) is 24.3 Å². The zero-order valence-corrected chi connectivity index (χ0v) is 9.98. The predicted molar refractivity (Wildman–Crippen MR) is 71.1 cm³/mol. The molecule has 0 N–H and O–H groups in total. The third kappa shape index (κ3) is 1.97. The minimum Gasteiger partial charge on any atom is -0.271 e. The molecule has 1 saturated heterocycles. The highest BCUT2D eigenvalue weighted by atomic mass is 16.2. The third-order valence-corrected chi connectivity index (χ3v) is 2.80. The van der Waals surface area contributed by atoms with Crippen molar-refractivity contribution in [2.45, 2.75) is 0 Å². The molecule has 4 heteroatoms. The summed E-state index contributed by atoms with van der Waals surface area (Å²) < 4.78 is 0. The van der Waals surface area contributed by atoms with Gasteiger partial charge in [-0.15, -0.1) is 0 Å². The van der Waals surface area contributed by atoms with Crippen LogP contribution >= 0.6 is 0 Å². The Balaban J connectivity index is 2.06. The van der Waals surface area contributed by atoms with Crippen molar-refractivity contribution in [1.82, 2.24) is 0 Å². The Labute approximate surface area is 110 Å². The molecule has 19 heavy (non-hydrogen) atoms. The van der Waals surface area contributed by atoms with E-state index in [-0.39, 0.29) is 0 Å². The van der Waals surface area contributed by atoms with Crippen molar-refractivity contribution in [3.63, 3.8) is 0 Å². The number of hydrogen-bond acceptors (Lipinski definition) is 2. The smallest absolute Gasteiger partial charge is 0.265 e. The van der Waals surface area contributed by atoms with Crippen LogP contribution in [-0.4, -0.2) is 11.8 Å². The molecule has 2 aromatic rings. The van der Waals surface area contributed by atoms with E-state index in [2.05, 4.69) is 6.42 Å². The summed E-state index contributed by atoms with van der Waals surface area (Å²) in [5.41, 5.74) is 1.27. The third-order valence-electron chi connectivity index (χ3n) is 2.80. The minimum atomic E-state index is -0.458. The average molecular weight is 250 g/mol. The van der Waals surface area contributed by atoms with Crippen LogP contribution in [0.15, 0.2) is 60.7 Å². The molecule has 0 spiro atoms. The monoisotopic (exact) mass is 250 g/mol. The van der Waals surface area contributed by atoms with E-state index < -0.39 is 11.8 Å². The molecule has 92 valence electrons. The van der Waals surface area contributed by atoms with Gasteiger partial charge in [0, 0.05) is 0 Å². The Morgan fingerprint density at radius 2 is 1.00 bits per heavy atom. The van der Waals surface area contributed by atoms with Gasteiger partial charge in [-0.1, -0.05) is 36.4 Å². The van der Waals surface area contributed by atoms with Gasteiger partial charge < -0.3 is 0 Å². The molecule has 1 fully saturated rings. The molecule has 2 radical (unpaired) electrons. The van der Waals surface area contributed by atoms with Gasteiger partial charge >= 0.3 is 0 Å². The van der Waals surface area contributed by atoms with Crippen molar-refractivity contribution in [2.24, 2.45) is 0 Å². The van der Waals surface area contributed by atoms with Crippen molar-refractivity contribution < 1.29 is 9.59 Å². The van der Waals surface area contributed by atoms with E-state index in [4.69, 9.17) is 0 Å². The second kappa shape index (κ2) is 4.57. The molecule has 0 aromatic heterocycles. The predicted octanol–water partition coefficient (Wildman–Crippen LogP) is 2.06.